The normalized spacial score (nSPS) is 11.4. The second-order valence-electron chi connectivity index (χ2n) is 3.62. The van der Waals surface area contributed by atoms with Crippen molar-refractivity contribution in [1.82, 2.24) is 4.98 Å². The molecule has 90 valence electrons. The van der Waals surface area contributed by atoms with E-state index in [0.29, 0.717) is 17.1 Å². The van der Waals surface area contributed by atoms with E-state index < -0.39 is 0 Å². The van der Waals surface area contributed by atoms with E-state index in [4.69, 9.17) is 15.7 Å². The number of nitriles is 1. The molecule has 1 aromatic rings. The van der Waals surface area contributed by atoms with E-state index in [2.05, 4.69) is 10.3 Å². The van der Waals surface area contributed by atoms with Crippen LogP contribution in [0.1, 0.15) is 19.4 Å². The predicted octanol–water partition coefficient (Wildman–Crippen LogP) is 0.899. The van der Waals surface area contributed by atoms with Crippen LogP contribution in [0.15, 0.2) is 12.3 Å². The van der Waals surface area contributed by atoms with Crippen molar-refractivity contribution in [3.8, 4) is 6.07 Å². The highest BCUT2D eigenvalue weighted by atomic mass is 16.5. The van der Waals surface area contributed by atoms with Gasteiger partial charge in [-0.15, -0.1) is 0 Å². The third-order valence-electron chi connectivity index (χ3n) is 1.97. The fourth-order valence-corrected chi connectivity index (χ4v) is 1.18. The number of esters is 1. The first-order valence-corrected chi connectivity index (χ1v) is 5.08. The lowest BCUT2D eigenvalue weighted by atomic mass is 10.2. The van der Waals surface area contributed by atoms with Gasteiger partial charge in [0, 0.05) is 13.1 Å². The van der Waals surface area contributed by atoms with Gasteiger partial charge in [0.1, 0.15) is 18.5 Å². The summed E-state index contributed by atoms with van der Waals surface area (Å²) >= 11 is 0. The number of nitrogens with one attached hydrogen (secondary N) is 1. The number of anilines is 2. The first-order valence-electron chi connectivity index (χ1n) is 5.08. The number of nitrogens with two attached hydrogens (primary N) is 1. The standard InChI is InChI=1S/C11H14N4O2/c1-7(6-17-8(2)16)15-11-10(13)3-9(4-12)5-14-11/h3,5,7H,6,13H2,1-2H3,(H,14,15). The average molecular weight is 234 g/mol. The largest absolute Gasteiger partial charge is 0.464 e. The van der Waals surface area contributed by atoms with Crippen LogP contribution in [0, 0.1) is 11.3 Å². The van der Waals surface area contributed by atoms with Gasteiger partial charge in [-0.25, -0.2) is 4.98 Å². The van der Waals surface area contributed by atoms with E-state index in [9.17, 15) is 4.79 Å². The van der Waals surface area contributed by atoms with Crippen molar-refractivity contribution in [1.29, 1.82) is 5.26 Å². The van der Waals surface area contributed by atoms with Gasteiger partial charge in [-0.2, -0.15) is 5.26 Å². The smallest absolute Gasteiger partial charge is 0.302 e. The number of pyridine rings is 1. The summed E-state index contributed by atoms with van der Waals surface area (Å²) in [5, 5.41) is 11.7. The van der Waals surface area contributed by atoms with Gasteiger partial charge in [-0.3, -0.25) is 4.79 Å². The maximum atomic E-state index is 10.6. The number of hydrogen-bond acceptors (Lipinski definition) is 6. The SMILES string of the molecule is CC(=O)OCC(C)Nc1ncc(C#N)cc1N. The number of ether oxygens (including phenoxy) is 1. The van der Waals surface area contributed by atoms with Crippen molar-refractivity contribution in [3.05, 3.63) is 17.8 Å². The van der Waals surface area contributed by atoms with E-state index >= 15 is 0 Å². The van der Waals surface area contributed by atoms with Crippen LogP contribution in [0.2, 0.25) is 0 Å². The van der Waals surface area contributed by atoms with Crippen molar-refractivity contribution >= 4 is 17.5 Å². The molecule has 1 aromatic heterocycles. The molecule has 6 heteroatoms. The fraction of sp³-hybridized carbons (Fsp3) is 0.364. The Hall–Kier alpha value is -2.29. The minimum absolute atomic E-state index is 0.110. The second kappa shape index (κ2) is 5.70. The van der Waals surface area contributed by atoms with Crippen LogP contribution in [0.3, 0.4) is 0 Å². The summed E-state index contributed by atoms with van der Waals surface area (Å²) < 4.78 is 4.84. The molecule has 6 nitrogen and oxygen atoms in total. The Labute approximate surface area is 99.4 Å². The summed E-state index contributed by atoms with van der Waals surface area (Å²) in [4.78, 5) is 14.6. The first-order chi connectivity index (χ1) is 8.02. The van der Waals surface area contributed by atoms with E-state index in [0.717, 1.165) is 0 Å². The molecular weight excluding hydrogens is 220 g/mol. The lowest BCUT2D eigenvalue weighted by Crippen LogP contribution is -2.24. The highest BCUT2D eigenvalue weighted by Crippen LogP contribution is 2.16. The summed E-state index contributed by atoms with van der Waals surface area (Å²) in [6, 6.07) is 3.37. The molecule has 0 radical (unpaired) electrons. The Morgan fingerprint density at radius 1 is 1.76 bits per heavy atom. The van der Waals surface area contributed by atoms with Gasteiger partial charge in [-0.1, -0.05) is 0 Å². The van der Waals surface area contributed by atoms with Crippen LogP contribution in [-0.4, -0.2) is 23.6 Å². The van der Waals surface area contributed by atoms with Crippen LogP contribution < -0.4 is 11.1 Å². The predicted molar refractivity (Wildman–Crippen MR) is 63.1 cm³/mol. The van der Waals surface area contributed by atoms with Crippen LogP contribution in [0.5, 0.6) is 0 Å². The molecule has 1 atom stereocenters. The maximum absolute atomic E-state index is 10.6. The maximum Gasteiger partial charge on any atom is 0.302 e. The van der Waals surface area contributed by atoms with Gasteiger partial charge in [0.2, 0.25) is 0 Å². The fourth-order valence-electron chi connectivity index (χ4n) is 1.18. The number of carbonyl (C=O) groups is 1. The second-order valence-corrected chi connectivity index (χ2v) is 3.62. The van der Waals surface area contributed by atoms with Gasteiger partial charge >= 0.3 is 5.97 Å². The van der Waals surface area contributed by atoms with Gasteiger partial charge < -0.3 is 15.8 Å². The highest BCUT2D eigenvalue weighted by Gasteiger charge is 2.08. The molecule has 0 aliphatic carbocycles. The lowest BCUT2D eigenvalue weighted by molar-refractivity contribution is -0.141. The van der Waals surface area contributed by atoms with Gasteiger partial charge in [0.15, 0.2) is 0 Å². The number of aromatic nitrogens is 1. The molecule has 0 aliphatic heterocycles. The monoisotopic (exact) mass is 234 g/mol. The molecular formula is C11H14N4O2. The number of nitrogen functional groups attached to an aromatic ring is 1. The summed E-state index contributed by atoms with van der Waals surface area (Å²) in [7, 11) is 0. The Morgan fingerprint density at radius 3 is 3.00 bits per heavy atom. The third-order valence-corrected chi connectivity index (χ3v) is 1.97. The van der Waals surface area contributed by atoms with Crippen LogP contribution in [0.25, 0.3) is 0 Å². The molecule has 1 rings (SSSR count). The van der Waals surface area contributed by atoms with E-state index in [1.54, 1.807) is 0 Å². The van der Waals surface area contributed by atoms with Crippen LogP contribution >= 0.6 is 0 Å². The molecule has 1 unspecified atom stereocenters. The number of carbonyl (C=O) groups excluding carboxylic acids is 1. The zero-order chi connectivity index (χ0) is 12.8. The first kappa shape index (κ1) is 12.8. The molecule has 1 heterocycles. The van der Waals surface area contributed by atoms with E-state index in [1.165, 1.54) is 19.2 Å². The van der Waals surface area contributed by atoms with E-state index in [-0.39, 0.29) is 18.6 Å². The van der Waals surface area contributed by atoms with Crippen molar-refractivity contribution < 1.29 is 9.53 Å². The zero-order valence-corrected chi connectivity index (χ0v) is 9.73. The van der Waals surface area contributed by atoms with Crippen molar-refractivity contribution in [3.63, 3.8) is 0 Å². The topological polar surface area (TPSA) is 101 Å². The van der Waals surface area contributed by atoms with Crippen molar-refractivity contribution in [2.24, 2.45) is 0 Å². The van der Waals surface area contributed by atoms with Gasteiger partial charge in [-0.05, 0) is 13.0 Å². The molecule has 3 N–H and O–H groups in total. The quantitative estimate of drug-likeness (QED) is 0.750. The Morgan fingerprint density at radius 2 is 2.47 bits per heavy atom. The summed E-state index contributed by atoms with van der Waals surface area (Å²) in [5.74, 6) is 0.142. The molecule has 0 aliphatic rings. The molecule has 0 fully saturated rings. The van der Waals surface area contributed by atoms with Crippen molar-refractivity contribution in [2.75, 3.05) is 17.7 Å². The lowest BCUT2D eigenvalue weighted by Gasteiger charge is -2.15. The molecule has 0 amide bonds. The van der Waals surface area contributed by atoms with Gasteiger partial charge in [0.25, 0.3) is 0 Å². The Bertz CT molecular complexity index is 453. The van der Waals surface area contributed by atoms with Crippen molar-refractivity contribution in [2.45, 2.75) is 19.9 Å². The minimum atomic E-state index is -0.334. The molecule has 17 heavy (non-hydrogen) atoms. The summed E-state index contributed by atoms with van der Waals surface area (Å²) in [5.41, 5.74) is 6.51. The van der Waals surface area contributed by atoms with Gasteiger partial charge in [0.05, 0.1) is 17.3 Å². The minimum Gasteiger partial charge on any atom is -0.464 e. The number of hydrogen-bond donors (Lipinski definition) is 2. The Balaban J connectivity index is 2.62. The highest BCUT2D eigenvalue weighted by molar-refractivity contribution is 5.66. The average Bonchev–Trinajstić information content (AvgIpc) is 2.29. The number of rotatable bonds is 4. The van der Waals surface area contributed by atoms with Crippen LogP contribution in [-0.2, 0) is 9.53 Å². The zero-order valence-electron chi connectivity index (χ0n) is 9.73. The summed E-state index contributed by atoms with van der Waals surface area (Å²) in [6.07, 6.45) is 1.43. The molecule has 0 saturated carbocycles. The molecule has 0 aromatic carbocycles. The molecule has 0 saturated heterocycles. The summed E-state index contributed by atoms with van der Waals surface area (Å²) in [6.45, 7) is 3.42. The third kappa shape index (κ3) is 3.99. The Kier molecular flexibility index (Phi) is 4.29. The molecule has 0 bridgehead atoms. The van der Waals surface area contributed by atoms with E-state index in [1.807, 2.05) is 13.0 Å². The number of nitrogens with zero attached hydrogens (tertiary/aromatic N) is 2. The van der Waals surface area contributed by atoms with Crippen LogP contribution in [0.4, 0.5) is 11.5 Å². The molecule has 0 spiro atoms.